The topological polar surface area (TPSA) is 75.6 Å². The number of rotatable bonds is 4. The predicted molar refractivity (Wildman–Crippen MR) is 118 cm³/mol. The third-order valence-corrected chi connectivity index (χ3v) is 5.88. The highest BCUT2D eigenvalue weighted by atomic mass is 16.5. The Morgan fingerprint density at radius 2 is 1.87 bits per heavy atom. The molecule has 5 heteroatoms. The SMILES string of the molecule is CC1=C(C(=O)OCc2ccccc2)[C@H](c2cccc(O)c2)C2=C(CC(C)(C)CC2=O)N1. The maximum atomic E-state index is 13.2. The van der Waals surface area contributed by atoms with Gasteiger partial charge < -0.3 is 15.2 Å². The fourth-order valence-corrected chi connectivity index (χ4v) is 4.55. The smallest absolute Gasteiger partial charge is 0.337 e. The molecule has 0 fully saturated rings. The summed E-state index contributed by atoms with van der Waals surface area (Å²) in [5.41, 5.74) is 3.98. The van der Waals surface area contributed by atoms with Crippen LogP contribution in [0, 0.1) is 5.41 Å². The normalized spacial score (nSPS) is 20.2. The number of benzene rings is 2. The Hall–Kier alpha value is -3.34. The van der Waals surface area contributed by atoms with Gasteiger partial charge in [0.15, 0.2) is 5.78 Å². The third-order valence-electron chi connectivity index (χ3n) is 5.88. The number of Topliss-reactive ketones (excluding diaryl/α,β-unsaturated/α-hetero) is 1. The highest BCUT2D eigenvalue weighted by molar-refractivity contribution is 6.04. The first-order valence-corrected chi connectivity index (χ1v) is 10.5. The second-order valence-corrected chi connectivity index (χ2v) is 9.09. The minimum atomic E-state index is -0.574. The summed E-state index contributed by atoms with van der Waals surface area (Å²) in [5.74, 6) is -0.925. The minimum absolute atomic E-state index is 0.0213. The van der Waals surface area contributed by atoms with Crippen molar-refractivity contribution in [2.45, 2.75) is 46.1 Å². The lowest BCUT2D eigenvalue weighted by Crippen LogP contribution is -2.38. The van der Waals surface area contributed by atoms with E-state index in [1.807, 2.05) is 43.3 Å². The number of allylic oxidation sites excluding steroid dienone is 3. The Kier molecular flexibility index (Phi) is 5.44. The van der Waals surface area contributed by atoms with Crippen molar-refractivity contribution in [1.29, 1.82) is 0 Å². The molecule has 0 radical (unpaired) electrons. The first-order chi connectivity index (χ1) is 14.7. The van der Waals surface area contributed by atoms with Gasteiger partial charge in [-0.2, -0.15) is 0 Å². The molecular weight excluding hydrogens is 390 g/mol. The van der Waals surface area contributed by atoms with E-state index in [2.05, 4.69) is 19.2 Å². The predicted octanol–water partition coefficient (Wildman–Crippen LogP) is 4.74. The largest absolute Gasteiger partial charge is 0.508 e. The summed E-state index contributed by atoms with van der Waals surface area (Å²) in [4.78, 5) is 26.5. The van der Waals surface area contributed by atoms with Gasteiger partial charge >= 0.3 is 5.97 Å². The van der Waals surface area contributed by atoms with Gasteiger partial charge in [0.1, 0.15) is 12.4 Å². The van der Waals surface area contributed by atoms with Crippen LogP contribution in [0.1, 0.15) is 50.7 Å². The highest BCUT2D eigenvalue weighted by Gasteiger charge is 2.43. The van der Waals surface area contributed by atoms with Gasteiger partial charge in [0.2, 0.25) is 0 Å². The Bertz CT molecular complexity index is 1100. The first-order valence-electron chi connectivity index (χ1n) is 10.5. The van der Waals surface area contributed by atoms with Gasteiger partial charge in [-0.25, -0.2) is 4.79 Å². The maximum absolute atomic E-state index is 13.2. The van der Waals surface area contributed by atoms with Crippen LogP contribution < -0.4 is 5.32 Å². The van der Waals surface area contributed by atoms with E-state index in [9.17, 15) is 14.7 Å². The summed E-state index contributed by atoms with van der Waals surface area (Å²) in [6.45, 7) is 6.13. The highest BCUT2D eigenvalue weighted by Crippen LogP contribution is 2.47. The lowest BCUT2D eigenvalue weighted by molar-refractivity contribution is -0.140. The quantitative estimate of drug-likeness (QED) is 0.703. The molecule has 0 unspecified atom stereocenters. The molecule has 1 aliphatic heterocycles. The molecule has 2 aliphatic rings. The minimum Gasteiger partial charge on any atom is -0.508 e. The third kappa shape index (κ3) is 4.26. The molecule has 2 N–H and O–H groups in total. The van der Waals surface area contributed by atoms with Crippen molar-refractivity contribution >= 4 is 11.8 Å². The Labute approximate surface area is 182 Å². The number of phenols is 1. The van der Waals surface area contributed by atoms with Gasteiger partial charge in [-0.3, -0.25) is 4.79 Å². The number of nitrogens with one attached hydrogen (secondary N) is 1. The average molecular weight is 418 g/mol. The van der Waals surface area contributed by atoms with E-state index in [0.717, 1.165) is 11.3 Å². The molecule has 0 saturated heterocycles. The van der Waals surface area contributed by atoms with Gasteiger partial charge in [-0.1, -0.05) is 56.3 Å². The number of hydrogen-bond acceptors (Lipinski definition) is 5. The number of carbonyl (C=O) groups is 2. The van der Waals surface area contributed by atoms with Crippen LogP contribution in [0.25, 0.3) is 0 Å². The van der Waals surface area contributed by atoms with Crippen LogP contribution in [0.15, 0.2) is 77.1 Å². The van der Waals surface area contributed by atoms with Crippen molar-refractivity contribution in [3.63, 3.8) is 0 Å². The van der Waals surface area contributed by atoms with E-state index in [-0.39, 0.29) is 23.6 Å². The number of esters is 1. The summed E-state index contributed by atoms with van der Waals surface area (Å²) in [7, 11) is 0. The molecule has 31 heavy (non-hydrogen) atoms. The Balaban J connectivity index is 1.74. The average Bonchev–Trinajstić information content (AvgIpc) is 2.71. The van der Waals surface area contributed by atoms with E-state index in [4.69, 9.17) is 4.74 Å². The van der Waals surface area contributed by atoms with Gasteiger partial charge in [-0.15, -0.1) is 0 Å². The van der Waals surface area contributed by atoms with Crippen LogP contribution >= 0.6 is 0 Å². The monoisotopic (exact) mass is 417 g/mol. The fraction of sp³-hybridized carbons (Fsp3) is 0.308. The van der Waals surface area contributed by atoms with Crippen LogP contribution in [0.5, 0.6) is 5.75 Å². The molecule has 0 aromatic heterocycles. The number of hydrogen-bond donors (Lipinski definition) is 2. The number of ketones is 1. The lowest BCUT2D eigenvalue weighted by atomic mass is 9.68. The zero-order valence-corrected chi connectivity index (χ0v) is 18.1. The van der Waals surface area contributed by atoms with Crippen molar-refractivity contribution < 1.29 is 19.4 Å². The zero-order valence-electron chi connectivity index (χ0n) is 18.1. The van der Waals surface area contributed by atoms with E-state index >= 15 is 0 Å². The molecule has 0 amide bonds. The molecule has 0 bridgehead atoms. The number of ether oxygens (including phenoxy) is 1. The molecule has 4 rings (SSSR count). The number of aromatic hydroxyl groups is 1. The summed E-state index contributed by atoms with van der Waals surface area (Å²) in [5, 5.41) is 13.4. The number of phenolic OH excluding ortho intramolecular Hbond substituents is 1. The van der Waals surface area contributed by atoms with E-state index in [0.29, 0.717) is 35.2 Å². The van der Waals surface area contributed by atoms with Crippen LogP contribution in [-0.4, -0.2) is 16.9 Å². The summed E-state index contributed by atoms with van der Waals surface area (Å²) >= 11 is 0. The first kappa shape index (κ1) is 20.9. The van der Waals surface area contributed by atoms with Gasteiger partial charge in [0.05, 0.1) is 5.57 Å². The van der Waals surface area contributed by atoms with Crippen LogP contribution in [0.3, 0.4) is 0 Å². The molecule has 160 valence electrons. The Morgan fingerprint density at radius 3 is 2.58 bits per heavy atom. The van der Waals surface area contributed by atoms with Gasteiger partial charge in [0, 0.05) is 29.3 Å². The van der Waals surface area contributed by atoms with Crippen LogP contribution in [-0.2, 0) is 20.9 Å². The molecule has 0 spiro atoms. The molecule has 1 atom stereocenters. The molecule has 2 aromatic carbocycles. The lowest BCUT2D eigenvalue weighted by Gasteiger charge is -2.39. The van der Waals surface area contributed by atoms with Crippen LogP contribution in [0.4, 0.5) is 0 Å². The molecule has 0 saturated carbocycles. The summed E-state index contributed by atoms with van der Waals surface area (Å²) in [6.07, 6.45) is 1.13. The van der Waals surface area contributed by atoms with E-state index in [1.54, 1.807) is 18.2 Å². The van der Waals surface area contributed by atoms with Crippen molar-refractivity contribution in [3.8, 4) is 5.75 Å². The van der Waals surface area contributed by atoms with Crippen molar-refractivity contribution in [1.82, 2.24) is 5.32 Å². The number of dihydropyridines is 1. The summed E-state index contributed by atoms with van der Waals surface area (Å²) < 4.78 is 5.64. The van der Waals surface area contributed by atoms with E-state index < -0.39 is 11.9 Å². The van der Waals surface area contributed by atoms with Crippen molar-refractivity contribution in [2.24, 2.45) is 5.41 Å². The second-order valence-electron chi connectivity index (χ2n) is 9.09. The molecule has 5 nitrogen and oxygen atoms in total. The van der Waals surface area contributed by atoms with Crippen molar-refractivity contribution in [3.05, 3.63) is 88.3 Å². The van der Waals surface area contributed by atoms with Crippen molar-refractivity contribution in [2.75, 3.05) is 0 Å². The molecule has 1 aliphatic carbocycles. The number of carbonyl (C=O) groups excluding carboxylic acids is 2. The molecule has 1 heterocycles. The van der Waals surface area contributed by atoms with E-state index in [1.165, 1.54) is 0 Å². The fourth-order valence-electron chi connectivity index (χ4n) is 4.55. The van der Waals surface area contributed by atoms with Crippen LogP contribution in [0.2, 0.25) is 0 Å². The standard InChI is InChI=1S/C26H27NO4/c1-16-22(25(30)31-15-17-8-5-4-6-9-17)23(18-10-7-11-19(28)12-18)24-20(27-16)13-26(2,3)14-21(24)29/h4-12,23,27-28H,13-15H2,1-3H3/t23-/m0/s1. The molecular formula is C26H27NO4. The zero-order chi connectivity index (χ0) is 22.2. The second kappa shape index (κ2) is 8.06. The maximum Gasteiger partial charge on any atom is 0.337 e. The Morgan fingerprint density at radius 1 is 1.13 bits per heavy atom. The summed E-state index contributed by atoms with van der Waals surface area (Å²) in [6, 6.07) is 16.3. The molecule has 2 aromatic rings. The van der Waals surface area contributed by atoms with Gasteiger partial charge in [0.25, 0.3) is 0 Å². The van der Waals surface area contributed by atoms with Gasteiger partial charge in [-0.05, 0) is 42.0 Å².